The van der Waals surface area contributed by atoms with Gasteiger partial charge in [-0.05, 0) is 30.5 Å². The van der Waals surface area contributed by atoms with E-state index in [0.29, 0.717) is 6.07 Å². The minimum absolute atomic E-state index is 0.0282. The molecule has 0 saturated carbocycles. The quantitative estimate of drug-likeness (QED) is 0.783. The number of benzene rings is 1. The van der Waals surface area contributed by atoms with Crippen LogP contribution in [0, 0.1) is 11.6 Å². The van der Waals surface area contributed by atoms with Crippen molar-refractivity contribution >= 4 is 15.8 Å². The molecule has 0 fully saturated rings. The number of carboxylic acids is 1. The first-order valence-electron chi connectivity index (χ1n) is 6.18. The second-order valence-corrected chi connectivity index (χ2v) is 7.24. The van der Waals surface area contributed by atoms with Crippen LogP contribution < -0.4 is 5.73 Å². The molecule has 5 nitrogen and oxygen atoms in total. The Bertz CT molecular complexity index is 613. The summed E-state index contributed by atoms with van der Waals surface area (Å²) in [6.45, 7) is -0.394. The number of sulfone groups is 1. The van der Waals surface area contributed by atoms with Crippen LogP contribution >= 0.6 is 0 Å². The topological polar surface area (TPSA) is 97.5 Å². The summed E-state index contributed by atoms with van der Waals surface area (Å²) in [5.41, 5.74) is 3.69. The second kappa shape index (κ2) is 6.48. The number of carboxylic acid groups (broad SMARTS) is 1. The SMILES string of the molecule is CS(=O)(=O)CCCC(CN)(C(=O)O)c1cc(F)cc(F)c1. The molecule has 1 unspecified atom stereocenters. The first-order chi connectivity index (χ1) is 9.60. The number of hydrogen-bond acceptors (Lipinski definition) is 4. The molecule has 0 bridgehead atoms. The lowest BCUT2D eigenvalue weighted by Gasteiger charge is -2.28. The molecule has 1 atom stereocenters. The van der Waals surface area contributed by atoms with Gasteiger partial charge < -0.3 is 10.8 Å². The summed E-state index contributed by atoms with van der Waals surface area (Å²) >= 11 is 0. The van der Waals surface area contributed by atoms with Gasteiger partial charge in [0, 0.05) is 24.6 Å². The van der Waals surface area contributed by atoms with Crippen molar-refractivity contribution in [3.63, 3.8) is 0 Å². The number of hydrogen-bond donors (Lipinski definition) is 2. The maximum atomic E-state index is 13.3. The van der Waals surface area contributed by atoms with E-state index in [-0.39, 0.29) is 24.2 Å². The van der Waals surface area contributed by atoms with Gasteiger partial charge in [-0.15, -0.1) is 0 Å². The molecule has 118 valence electrons. The molecule has 0 saturated heterocycles. The average Bonchev–Trinajstić information content (AvgIpc) is 2.31. The Morgan fingerprint density at radius 2 is 1.81 bits per heavy atom. The van der Waals surface area contributed by atoms with Crippen LogP contribution in [0.15, 0.2) is 18.2 Å². The highest BCUT2D eigenvalue weighted by Gasteiger charge is 2.39. The summed E-state index contributed by atoms with van der Waals surface area (Å²) in [5, 5.41) is 9.41. The lowest BCUT2D eigenvalue weighted by atomic mass is 9.76. The molecule has 0 aromatic heterocycles. The van der Waals surface area contributed by atoms with Gasteiger partial charge in [0.15, 0.2) is 0 Å². The fraction of sp³-hybridized carbons (Fsp3) is 0.462. The first kappa shape index (κ1) is 17.5. The average molecular weight is 321 g/mol. The molecule has 0 spiro atoms. The Balaban J connectivity index is 3.17. The van der Waals surface area contributed by atoms with Gasteiger partial charge in [-0.1, -0.05) is 0 Å². The van der Waals surface area contributed by atoms with Gasteiger partial charge in [0.05, 0.1) is 0 Å². The van der Waals surface area contributed by atoms with Crippen LogP contribution in [0.4, 0.5) is 8.78 Å². The predicted molar refractivity (Wildman–Crippen MR) is 73.7 cm³/mol. The van der Waals surface area contributed by atoms with Crippen LogP contribution in [0.5, 0.6) is 0 Å². The van der Waals surface area contributed by atoms with Crippen molar-refractivity contribution in [3.8, 4) is 0 Å². The number of aliphatic carboxylic acids is 1. The molecule has 0 aliphatic heterocycles. The van der Waals surface area contributed by atoms with Crippen molar-refractivity contribution in [3.05, 3.63) is 35.4 Å². The van der Waals surface area contributed by atoms with E-state index in [1.807, 2.05) is 0 Å². The van der Waals surface area contributed by atoms with Crippen molar-refractivity contribution in [2.45, 2.75) is 18.3 Å². The summed E-state index contributed by atoms with van der Waals surface area (Å²) in [7, 11) is -3.26. The van der Waals surface area contributed by atoms with Crippen LogP contribution in [0.3, 0.4) is 0 Å². The standard InChI is InChI=1S/C13H17F2NO4S/c1-21(19,20)4-2-3-13(8-16,12(17)18)9-5-10(14)7-11(15)6-9/h5-7H,2-4,8,16H2,1H3,(H,17,18). The number of rotatable bonds is 7. The molecule has 0 aliphatic rings. The summed E-state index contributed by atoms with van der Waals surface area (Å²) in [6, 6.07) is 2.44. The van der Waals surface area contributed by atoms with E-state index in [1.165, 1.54) is 0 Å². The molecule has 0 heterocycles. The van der Waals surface area contributed by atoms with Gasteiger partial charge in [-0.2, -0.15) is 0 Å². The molecule has 21 heavy (non-hydrogen) atoms. The normalized spacial score (nSPS) is 14.7. The summed E-state index contributed by atoms with van der Waals surface area (Å²) in [6.07, 6.45) is 0.926. The summed E-state index contributed by atoms with van der Waals surface area (Å²) < 4.78 is 48.8. The van der Waals surface area contributed by atoms with E-state index in [2.05, 4.69) is 0 Å². The Morgan fingerprint density at radius 1 is 1.29 bits per heavy atom. The molecule has 0 radical (unpaired) electrons. The Morgan fingerprint density at radius 3 is 2.19 bits per heavy atom. The third-order valence-electron chi connectivity index (χ3n) is 3.29. The van der Waals surface area contributed by atoms with Crippen molar-refractivity contribution in [1.29, 1.82) is 0 Å². The zero-order valence-electron chi connectivity index (χ0n) is 11.5. The van der Waals surface area contributed by atoms with E-state index in [9.17, 15) is 27.1 Å². The van der Waals surface area contributed by atoms with Crippen LogP contribution in [0.1, 0.15) is 18.4 Å². The Hall–Kier alpha value is -1.54. The lowest BCUT2D eigenvalue weighted by Crippen LogP contribution is -2.43. The monoisotopic (exact) mass is 321 g/mol. The van der Waals surface area contributed by atoms with Gasteiger partial charge in [-0.3, -0.25) is 4.79 Å². The molecule has 3 N–H and O–H groups in total. The molecule has 8 heteroatoms. The highest BCUT2D eigenvalue weighted by molar-refractivity contribution is 7.90. The van der Waals surface area contributed by atoms with Gasteiger partial charge in [-0.25, -0.2) is 17.2 Å². The van der Waals surface area contributed by atoms with E-state index in [1.54, 1.807) is 0 Å². The molecule has 0 amide bonds. The summed E-state index contributed by atoms with van der Waals surface area (Å²) in [4.78, 5) is 11.6. The van der Waals surface area contributed by atoms with Gasteiger partial charge >= 0.3 is 5.97 Å². The highest BCUT2D eigenvalue weighted by Crippen LogP contribution is 2.30. The van der Waals surface area contributed by atoms with E-state index in [0.717, 1.165) is 18.4 Å². The van der Waals surface area contributed by atoms with Gasteiger partial charge in [0.25, 0.3) is 0 Å². The van der Waals surface area contributed by atoms with E-state index >= 15 is 0 Å². The molecule has 1 rings (SSSR count). The number of nitrogens with two attached hydrogens (primary N) is 1. The molecular weight excluding hydrogens is 304 g/mol. The predicted octanol–water partition coefficient (Wildman–Crippen LogP) is 1.07. The van der Waals surface area contributed by atoms with Gasteiger partial charge in [0.1, 0.15) is 26.9 Å². The zero-order valence-corrected chi connectivity index (χ0v) is 12.3. The highest BCUT2D eigenvalue weighted by atomic mass is 32.2. The third kappa shape index (κ3) is 4.47. The molecule has 1 aromatic carbocycles. The van der Waals surface area contributed by atoms with Crippen molar-refractivity contribution in [2.75, 3.05) is 18.6 Å². The maximum Gasteiger partial charge on any atom is 0.315 e. The Kier molecular flexibility index (Phi) is 5.41. The Labute approximate surface area is 121 Å². The summed E-state index contributed by atoms with van der Waals surface area (Å²) in [5.74, 6) is -3.39. The molecule has 1 aromatic rings. The van der Waals surface area contributed by atoms with Crippen LogP contribution in [0.25, 0.3) is 0 Å². The minimum atomic E-state index is -3.26. The van der Waals surface area contributed by atoms with Crippen LogP contribution in [0.2, 0.25) is 0 Å². The van der Waals surface area contributed by atoms with Crippen molar-refractivity contribution in [2.24, 2.45) is 5.73 Å². The van der Waals surface area contributed by atoms with E-state index < -0.39 is 39.4 Å². The first-order valence-corrected chi connectivity index (χ1v) is 8.24. The minimum Gasteiger partial charge on any atom is -0.481 e. The smallest absolute Gasteiger partial charge is 0.315 e. The lowest BCUT2D eigenvalue weighted by molar-refractivity contribution is -0.143. The van der Waals surface area contributed by atoms with Gasteiger partial charge in [0.2, 0.25) is 0 Å². The number of halogens is 2. The zero-order chi connectivity index (χ0) is 16.3. The number of carbonyl (C=O) groups is 1. The second-order valence-electron chi connectivity index (χ2n) is 4.98. The van der Waals surface area contributed by atoms with Crippen molar-refractivity contribution < 1.29 is 27.1 Å². The van der Waals surface area contributed by atoms with Crippen LogP contribution in [-0.4, -0.2) is 38.0 Å². The fourth-order valence-electron chi connectivity index (χ4n) is 2.15. The van der Waals surface area contributed by atoms with Crippen LogP contribution in [-0.2, 0) is 20.0 Å². The third-order valence-corrected chi connectivity index (χ3v) is 4.32. The molecular formula is C13H17F2NO4S. The van der Waals surface area contributed by atoms with Crippen molar-refractivity contribution in [1.82, 2.24) is 0 Å². The largest absolute Gasteiger partial charge is 0.481 e. The van der Waals surface area contributed by atoms with E-state index in [4.69, 9.17) is 5.73 Å². The fourth-order valence-corrected chi connectivity index (χ4v) is 2.82. The molecule has 0 aliphatic carbocycles. The maximum absolute atomic E-state index is 13.3.